The highest BCUT2D eigenvalue weighted by molar-refractivity contribution is 5.84. The van der Waals surface area contributed by atoms with Gasteiger partial charge in [-0.15, -0.1) is 0 Å². The summed E-state index contributed by atoms with van der Waals surface area (Å²) in [5.41, 5.74) is 9.81. The Morgan fingerprint density at radius 2 is 1.91 bits per heavy atom. The molecule has 0 saturated carbocycles. The minimum Gasteiger partial charge on any atom is -0.502 e. The molecule has 66 valence electrons. The molecule has 0 unspecified atom stereocenters. The summed E-state index contributed by atoms with van der Waals surface area (Å²) in [6, 6.07) is 0. The highest BCUT2D eigenvalue weighted by Crippen LogP contribution is 1.82. The van der Waals surface area contributed by atoms with E-state index < -0.39 is 11.7 Å². The Balaban J connectivity index is 0. The van der Waals surface area contributed by atoms with E-state index in [-0.39, 0.29) is 0 Å². The van der Waals surface area contributed by atoms with Gasteiger partial charge in [0.1, 0.15) is 0 Å². The maximum Gasteiger partial charge on any atom is 0.372 e. The van der Waals surface area contributed by atoms with Gasteiger partial charge in [-0.1, -0.05) is 0 Å². The topological polar surface area (TPSA) is 98.6 Å². The molecule has 0 rings (SSSR count). The van der Waals surface area contributed by atoms with Crippen LogP contribution in [0, 0.1) is 0 Å². The molecular formula is C6H14N2O3. The lowest BCUT2D eigenvalue weighted by Crippen LogP contribution is -2.11. The zero-order valence-electron chi connectivity index (χ0n) is 6.54. The maximum absolute atomic E-state index is 9.94. The van der Waals surface area contributed by atoms with E-state index in [2.05, 4.69) is 11.3 Å². The van der Waals surface area contributed by atoms with Crippen molar-refractivity contribution in [1.29, 1.82) is 0 Å². The highest BCUT2D eigenvalue weighted by Gasteiger charge is 1.99. The van der Waals surface area contributed by atoms with Crippen LogP contribution < -0.4 is 11.5 Å². The molecule has 0 aromatic heterocycles. The number of methoxy groups -OCH3 is 1. The molecule has 0 aromatic rings. The minimum absolute atomic E-state index is 0.567. The summed E-state index contributed by atoms with van der Waals surface area (Å²) >= 11 is 0. The van der Waals surface area contributed by atoms with Gasteiger partial charge >= 0.3 is 5.97 Å². The monoisotopic (exact) mass is 162 g/mol. The molecule has 0 aliphatic heterocycles. The average molecular weight is 162 g/mol. The zero-order chi connectivity index (χ0) is 9.28. The molecule has 0 spiro atoms. The normalized spacial score (nSPS) is 7.55. The third kappa shape index (κ3) is 12.2. The van der Waals surface area contributed by atoms with Crippen LogP contribution in [0.3, 0.4) is 0 Å². The lowest BCUT2D eigenvalue weighted by Gasteiger charge is -1.90. The van der Waals surface area contributed by atoms with Crippen LogP contribution in [0.2, 0.25) is 0 Å². The van der Waals surface area contributed by atoms with Gasteiger partial charge in [0, 0.05) is 13.1 Å². The lowest BCUT2D eigenvalue weighted by atomic mass is 10.6. The lowest BCUT2D eigenvalue weighted by molar-refractivity contribution is -0.138. The number of aliphatic hydroxyl groups is 1. The summed E-state index contributed by atoms with van der Waals surface area (Å²) in [7, 11) is 1.17. The Morgan fingerprint density at radius 1 is 1.55 bits per heavy atom. The second-order valence-corrected chi connectivity index (χ2v) is 1.52. The Kier molecular flexibility index (Phi) is 10.2. The molecule has 0 amide bonds. The molecule has 5 heteroatoms. The first-order chi connectivity index (χ1) is 5.09. The van der Waals surface area contributed by atoms with Crippen LogP contribution in [0.15, 0.2) is 12.3 Å². The van der Waals surface area contributed by atoms with Crippen molar-refractivity contribution < 1.29 is 14.6 Å². The number of hydrogen-bond donors (Lipinski definition) is 3. The van der Waals surface area contributed by atoms with E-state index in [1.807, 2.05) is 0 Å². The van der Waals surface area contributed by atoms with E-state index >= 15 is 0 Å². The largest absolute Gasteiger partial charge is 0.502 e. The quantitative estimate of drug-likeness (QED) is 0.278. The van der Waals surface area contributed by atoms with Gasteiger partial charge in [0.2, 0.25) is 0 Å². The van der Waals surface area contributed by atoms with Crippen molar-refractivity contribution in [2.24, 2.45) is 11.5 Å². The van der Waals surface area contributed by atoms with E-state index in [0.29, 0.717) is 13.1 Å². The van der Waals surface area contributed by atoms with Crippen LogP contribution in [0.1, 0.15) is 0 Å². The van der Waals surface area contributed by atoms with Gasteiger partial charge in [-0.3, -0.25) is 0 Å². The minimum atomic E-state index is -0.792. The SMILES string of the molecule is C=C(O)C(=O)OC.NCCN. The van der Waals surface area contributed by atoms with Crippen LogP contribution in [0.25, 0.3) is 0 Å². The molecule has 0 atom stereocenters. The molecule has 0 heterocycles. The number of hydrogen-bond acceptors (Lipinski definition) is 5. The van der Waals surface area contributed by atoms with E-state index in [1.165, 1.54) is 7.11 Å². The highest BCUT2D eigenvalue weighted by atomic mass is 16.5. The van der Waals surface area contributed by atoms with Crippen LogP contribution in [-0.2, 0) is 9.53 Å². The van der Waals surface area contributed by atoms with Crippen molar-refractivity contribution in [2.75, 3.05) is 20.2 Å². The van der Waals surface area contributed by atoms with Gasteiger partial charge in [-0.05, 0) is 6.58 Å². The summed E-state index contributed by atoms with van der Waals surface area (Å²) in [4.78, 5) is 9.94. The third-order valence-corrected chi connectivity index (χ3v) is 0.588. The van der Waals surface area contributed by atoms with Crippen LogP contribution >= 0.6 is 0 Å². The first kappa shape index (κ1) is 12.6. The second kappa shape index (κ2) is 8.93. The number of carbonyl (C=O) groups excluding carboxylic acids is 1. The van der Waals surface area contributed by atoms with Crippen LogP contribution in [-0.4, -0.2) is 31.3 Å². The average Bonchev–Trinajstić information content (AvgIpc) is 2.03. The number of esters is 1. The molecule has 0 aliphatic rings. The number of rotatable bonds is 2. The zero-order valence-corrected chi connectivity index (χ0v) is 6.54. The van der Waals surface area contributed by atoms with E-state index in [4.69, 9.17) is 16.6 Å². The first-order valence-electron chi connectivity index (χ1n) is 2.96. The Hall–Kier alpha value is -1.07. The molecule has 11 heavy (non-hydrogen) atoms. The number of ether oxygens (including phenoxy) is 1. The standard InChI is InChI=1S/C4H6O3.C2H8N2/c1-3(5)4(6)7-2;3-1-2-4/h5H,1H2,2H3;1-4H2. The van der Waals surface area contributed by atoms with Gasteiger partial charge in [-0.2, -0.15) is 0 Å². The second-order valence-electron chi connectivity index (χ2n) is 1.52. The molecule has 5 N–H and O–H groups in total. The van der Waals surface area contributed by atoms with Crippen molar-refractivity contribution in [3.63, 3.8) is 0 Å². The van der Waals surface area contributed by atoms with E-state index in [0.717, 1.165) is 0 Å². The van der Waals surface area contributed by atoms with Crippen molar-refractivity contribution >= 4 is 5.97 Å². The fourth-order valence-electron chi connectivity index (χ4n) is 0.118. The van der Waals surface area contributed by atoms with E-state index in [9.17, 15) is 4.79 Å². The van der Waals surface area contributed by atoms with Crippen molar-refractivity contribution in [3.8, 4) is 0 Å². The van der Waals surface area contributed by atoms with Crippen LogP contribution in [0.5, 0.6) is 0 Å². The molecule has 0 fully saturated rings. The molecule has 0 aromatic carbocycles. The number of aliphatic hydroxyl groups excluding tert-OH is 1. The maximum atomic E-state index is 9.94. The fourth-order valence-corrected chi connectivity index (χ4v) is 0.118. The van der Waals surface area contributed by atoms with Crippen molar-refractivity contribution in [3.05, 3.63) is 12.3 Å². The van der Waals surface area contributed by atoms with Crippen molar-refractivity contribution in [2.45, 2.75) is 0 Å². The van der Waals surface area contributed by atoms with E-state index in [1.54, 1.807) is 0 Å². The summed E-state index contributed by atoms with van der Waals surface area (Å²) < 4.78 is 4.02. The number of carbonyl (C=O) groups is 1. The summed E-state index contributed by atoms with van der Waals surface area (Å²) in [6.45, 7) is 4.10. The van der Waals surface area contributed by atoms with Crippen molar-refractivity contribution in [1.82, 2.24) is 0 Å². The molecular weight excluding hydrogens is 148 g/mol. The van der Waals surface area contributed by atoms with Gasteiger partial charge in [0.05, 0.1) is 7.11 Å². The Morgan fingerprint density at radius 3 is 1.91 bits per heavy atom. The predicted octanol–water partition coefficient (Wildman–Crippen LogP) is -0.865. The van der Waals surface area contributed by atoms with Gasteiger partial charge in [-0.25, -0.2) is 4.79 Å². The summed E-state index contributed by atoms with van der Waals surface area (Å²) in [6.07, 6.45) is 0. The molecule has 5 nitrogen and oxygen atoms in total. The summed E-state index contributed by atoms with van der Waals surface area (Å²) in [5.74, 6) is -1.36. The van der Waals surface area contributed by atoms with Gasteiger partial charge in [0.25, 0.3) is 0 Å². The Bertz CT molecular complexity index is 123. The number of nitrogens with two attached hydrogens (primary N) is 2. The molecule has 0 aliphatic carbocycles. The molecule has 0 saturated heterocycles. The third-order valence-electron chi connectivity index (χ3n) is 0.588. The van der Waals surface area contributed by atoms with Gasteiger partial charge < -0.3 is 21.3 Å². The fraction of sp³-hybridized carbons (Fsp3) is 0.500. The van der Waals surface area contributed by atoms with Gasteiger partial charge in [0.15, 0.2) is 5.76 Å². The predicted molar refractivity (Wildman–Crippen MR) is 41.9 cm³/mol. The van der Waals surface area contributed by atoms with Crippen LogP contribution in [0.4, 0.5) is 0 Å². The Labute approximate surface area is 65.6 Å². The first-order valence-corrected chi connectivity index (χ1v) is 2.96. The smallest absolute Gasteiger partial charge is 0.372 e. The molecule has 0 radical (unpaired) electrons. The summed E-state index contributed by atoms with van der Waals surface area (Å²) in [5, 5.41) is 8.15. The molecule has 0 bridgehead atoms.